The van der Waals surface area contributed by atoms with Gasteiger partial charge in [0.1, 0.15) is 29.8 Å². The van der Waals surface area contributed by atoms with Crippen LogP contribution < -0.4 is 26.0 Å². The normalized spacial score (nSPS) is 21.4. The van der Waals surface area contributed by atoms with Crippen molar-refractivity contribution in [2.24, 2.45) is 0 Å². The van der Waals surface area contributed by atoms with E-state index in [2.05, 4.69) is 31.2 Å². The summed E-state index contributed by atoms with van der Waals surface area (Å²) in [4.78, 5) is 35.3. The fourth-order valence-corrected chi connectivity index (χ4v) is 3.69. The van der Waals surface area contributed by atoms with Crippen LogP contribution in [0.15, 0.2) is 36.8 Å². The highest BCUT2D eigenvalue weighted by Gasteiger charge is 2.29. The number of aliphatic hydroxyl groups is 1. The molecule has 0 aliphatic carbocycles. The van der Waals surface area contributed by atoms with Crippen LogP contribution >= 0.6 is 0 Å². The van der Waals surface area contributed by atoms with Crippen molar-refractivity contribution in [1.29, 1.82) is 0 Å². The smallest absolute Gasteiger partial charge is 0.259 e. The average Bonchev–Trinajstić information content (AvgIpc) is 3.14. The highest BCUT2D eigenvalue weighted by Crippen LogP contribution is 2.34. The predicted octanol–water partition coefficient (Wildman–Crippen LogP) is 0.485. The maximum Gasteiger partial charge on any atom is 0.259 e. The fourth-order valence-electron chi connectivity index (χ4n) is 3.69. The second-order valence-electron chi connectivity index (χ2n) is 7.73. The molecule has 0 saturated carbocycles. The lowest BCUT2D eigenvalue weighted by atomic mass is 10.1. The fraction of sp³-hybridized carbons (Fsp3) is 0.364. The second-order valence-corrected chi connectivity index (χ2v) is 7.73. The third-order valence-electron chi connectivity index (χ3n) is 5.46. The number of nitrogens with one attached hydrogen (secondary N) is 4. The minimum absolute atomic E-state index is 0.261. The minimum atomic E-state index is -0.653. The first-order valence-corrected chi connectivity index (χ1v) is 10.8. The number of carbonyl (C=O) groups is 2. The van der Waals surface area contributed by atoms with Crippen LogP contribution in [0.2, 0.25) is 0 Å². The molecule has 5 N–H and O–H groups in total. The van der Waals surface area contributed by atoms with E-state index in [1.807, 2.05) is 29.2 Å². The molecule has 0 saturated heterocycles. The first-order chi connectivity index (χ1) is 16.1. The number of likely N-dealkylation sites (N-methyl/N-ethyl adjacent to an activating group) is 1. The number of benzene rings is 1. The molecule has 11 heteroatoms. The molecule has 11 nitrogen and oxygen atoms in total. The van der Waals surface area contributed by atoms with Crippen molar-refractivity contribution in [2.45, 2.75) is 12.5 Å². The molecular weight excluding hydrogens is 426 g/mol. The molecule has 4 rings (SSSR count). The van der Waals surface area contributed by atoms with Crippen LogP contribution in [0.1, 0.15) is 12.0 Å². The van der Waals surface area contributed by atoms with E-state index < -0.39 is 6.04 Å². The third-order valence-corrected chi connectivity index (χ3v) is 5.46. The molecule has 2 amide bonds. The summed E-state index contributed by atoms with van der Waals surface area (Å²) in [7, 11) is 1.80. The number of rotatable bonds is 1. The van der Waals surface area contributed by atoms with E-state index in [1.165, 1.54) is 6.33 Å². The Morgan fingerprint density at radius 2 is 2.00 bits per heavy atom. The summed E-state index contributed by atoms with van der Waals surface area (Å²) in [6.45, 7) is 1.45. The molecule has 0 unspecified atom stereocenters. The van der Waals surface area contributed by atoms with Crippen molar-refractivity contribution in [2.75, 3.05) is 55.8 Å². The lowest BCUT2D eigenvalue weighted by Gasteiger charge is -2.25. The van der Waals surface area contributed by atoms with Crippen molar-refractivity contribution in [3.05, 3.63) is 42.4 Å². The third kappa shape index (κ3) is 5.21. The predicted molar refractivity (Wildman–Crippen MR) is 124 cm³/mol. The van der Waals surface area contributed by atoms with Crippen molar-refractivity contribution >= 4 is 34.7 Å². The SMILES string of the molecule is CN1CCCOc2cccc(c2)N/C=C2\C(=O)Nc3ncnc(c32)NCCNC(=O)[C@H]1CO. The topological polar surface area (TPSA) is 141 Å². The number of amides is 2. The first-order valence-electron chi connectivity index (χ1n) is 10.8. The zero-order valence-corrected chi connectivity index (χ0v) is 18.3. The van der Waals surface area contributed by atoms with Gasteiger partial charge in [-0.3, -0.25) is 14.5 Å². The Morgan fingerprint density at radius 3 is 2.85 bits per heavy atom. The Labute approximate surface area is 191 Å². The molecule has 2 aliphatic heterocycles. The molecule has 0 spiro atoms. The molecule has 2 bridgehead atoms. The number of ether oxygens (including phenoxy) is 1. The Hall–Kier alpha value is -3.70. The summed E-state index contributed by atoms with van der Waals surface area (Å²) < 4.78 is 5.84. The Balaban J connectivity index is 1.61. The summed E-state index contributed by atoms with van der Waals surface area (Å²) in [6, 6.07) is 6.77. The summed E-state index contributed by atoms with van der Waals surface area (Å²) in [5.74, 6) is 1.02. The highest BCUT2D eigenvalue weighted by atomic mass is 16.5. The summed E-state index contributed by atoms with van der Waals surface area (Å²) in [5, 5.41) is 21.6. The molecule has 0 radical (unpaired) electrons. The van der Waals surface area contributed by atoms with Gasteiger partial charge in [0.25, 0.3) is 5.91 Å². The number of aromatic nitrogens is 2. The van der Waals surface area contributed by atoms with Crippen LogP contribution in [0.5, 0.6) is 5.75 Å². The van der Waals surface area contributed by atoms with E-state index in [-0.39, 0.29) is 18.4 Å². The van der Waals surface area contributed by atoms with Crippen molar-refractivity contribution < 1.29 is 19.4 Å². The first kappa shape index (κ1) is 22.5. The monoisotopic (exact) mass is 453 g/mol. The molecule has 174 valence electrons. The quantitative estimate of drug-likeness (QED) is 0.417. The van der Waals surface area contributed by atoms with Crippen LogP contribution in [-0.2, 0) is 9.59 Å². The zero-order valence-electron chi connectivity index (χ0n) is 18.3. The standard InChI is InChI=1S/C22H27N7O4/c1-29-8-3-9-33-15-5-2-4-14(10-15)25-11-16-18-19(26-13-27-20(18)28-21(16)31)23-6-7-24-22(32)17(29)12-30/h2,4-5,10-11,13,17,25,30H,3,6-9,12H2,1H3,(H,24,32)(H2,23,26,27,28,31)/b16-11-/t17-/m1/s1. The van der Waals surface area contributed by atoms with Gasteiger partial charge < -0.3 is 31.1 Å². The lowest BCUT2D eigenvalue weighted by Crippen LogP contribution is -2.48. The minimum Gasteiger partial charge on any atom is -0.493 e. The van der Waals surface area contributed by atoms with Crippen LogP contribution in [-0.4, -0.2) is 77.7 Å². The molecule has 1 aromatic heterocycles. The largest absolute Gasteiger partial charge is 0.493 e. The zero-order chi connectivity index (χ0) is 23.2. The van der Waals surface area contributed by atoms with Crippen LogP contribution in [0, 0.1) is 0 Å². The molecular formula is C22H27N7O4. The molecule has 2 aromatic rings. The number of aliphatic hydroxyl groups excluding tert-OH is 1. The number of anilines is 3. The highest BCUT2D eigenvalue weighted by molar-refractivity contribution is 6.32. The van der Waals surface area contributed by atoms with Gasteiger partial charge >= 0.3 is 0 Å². The number of carbonyl (C=O) groups excluding carboxylic acids is 2. The lowest BCUT2D eigenvalue weighted by molar-refractivity contribution is -0.127. The number of hydrogen-bond donors (Lipinski definition) is 5. The van der Waals surface area contributed by atoms with E-state index >= 15 is 0 Å². The molecule has 2 aliphatic rings. The van der Waals surface area contributed by atoms with Gasteiger partial charge in [-0.25, -0.2) is 9.97 Å². The van der Waals surface area contributed by atoms with Crippen LogP contribution in [0.3, 0.4) is 0 Å². The van der Waals surface area contributed by atoms with E-state index in [1.54, 1.807) is 13.2 Å². The van der Waals surface area contributed by atoms with Crippen LogP contribution in [0.4, 0.5) is 17.3 Å². The second kappa shape index (κ2) is 10.3. The van der Waals surface area contributed by atoms with E-state index in [9.17, 15) is 14.7 Å². The van der Waals surface area contributed by atoms with Crippen molar-refractivity contribution in [1.82, 2.24) is 20.2 Å². The molecule has 0 fully saturated rings. The molecule has 1 atom stereocenters. The van der Waals surface area contributed by atoms with Gasteiger partial charge in [-0.05, 0) is 25.6 Å². The average molecular weight is 454 g/mol. The van der Waals surface area contributed by atoms with Gasteiger partial charge in [0.15, 0.2) is 0 Å². The summed E-state index contributed by atoms with van der Waals surface area (Å²) in [6.07, 6.45) is 3.66. The summed E-state index contributed by atoms with van der Waals surface area (Å²) >= 11 is 0. The van der Waals surface area contributed by atoms with E-state index in [0.29, 0.717) is 61.2 Å². The van der Waals surface area contributed by atoms with Crippen molar-refractivity contribution in [3.63, 3.8) is 0 Å². The van der Waals surface area contributed by atoms with Gasteiger partial charge in [-0.1, -0.05) is 6.07 Å². The van der Waals surface area contributed by atoms with E-state index in [0.717, 1.165) is 5.69 Å². The Bertz CT molecular complexity index is 1060. The molecule has 33 heavy (non-hydrogen) atoms. The molecule has 3 heterocycles. The van der Waals surface area contributed by atoms with Crippen molar-refractivity contribution in [3.8, 4) is 5.75 Å². The van der Waals surface area contributed by atoms with Gasteiger partial charge in [0, 0.05) is 37.6 Å². The van der Waals surface area contributed by atoms with Gasteiger partial charge in [-0.2, -0.15) is 0 Å². The van der Waals surface area contributed by atoms with Crippen LogP contribution in [0.25, 0.3) is 5.57 Å². The Morgan fingerprint density at radius 1 is 1.18 bits per heavy atom. The van der Waals surface area contributed by atoms with Gasteiger partial charge in [0.05, 0.1) is 24.4 Å². The number of nitrogens with zero attached hydrogens (tertiary/aromatic N) is 3. The maximum absolute atomic E-state index is 12.6. The Kier molecular flexibility index (Phi) is 7.01. The van der Waals surface area contributed by atoms with Gasteiger partial charge in [0.2, 0.25) is 5.91 Å². The van der Waals surface area contributed by atoms with Gasteiger partial charge in [-0.15, -0.1) is 0 Å². The van der Waals surface area contributed by atoms with E-state index in [4.69, 9.17) is 4.74 Å². The number of hydrogen-bond acceptors (Lipinski definition) is 9. The summed E-state index contributed by atoms with van der Waals surface area (Å²) in [5.41, 5.74) is 1.71. The number of fused-ring (bicyclic) bond motifs is 2. The maximum atomic E-state index is 12.6. The molecule has 1 aromatic carbocycles.